The minimum absolute atomic E-state index is 0. The van der Waals surface area contributed by atoms with Gasteiger partial charge >= 0.3 is 0 Å². The van der Waals surface area contributed by atoms with Crippen molar-refractivity contribution in [3.63, 3.8) is 0 Å². The van der Waals surface area contributed by atoms with E-state index < -0.39 is 0 Å². The average molecular weight is 567 g/mol. The van der Waals surface area contributed by atoms with Gasteiger partial charge in [-0.2, -0.15) is 0 Å². The summed E-state index contributed by atoms with van der Waals surface area (Å²) in [5, 5.41) is 3.60. The first-order chi connectivity index (χ1) is 15.7. The van der Waals surface area contributed by atoms with Gasteiger partial charge in [0.2, 0.25) is 0 Å². The number of benzene rings is 1. The molecule has 8 nitrogen and oxygen atoms in total. The number of carbonyl (C=O) groups is 1. The number of hydrogen-bond acceptors (Lipinski definition) is 5. The molecule has 2 aliphatic heterocycles. The summed E-state index contributed by atoms with van der Waals surface area (Å²) in [7, 11) is 1.82. The molecule has 1 unspecified atom stereocenters. The van der Waals surface area contributed by atoms with Gasteiger partial charge in [-0.05, 0) is 24.6 Å². The van der Waals surface area contributed by atoms with Gasteiger partial charge in [0.1, 0.15) is 0 Å². The zero-order valence-electron chi connectivity index (χ0n) is 19.4. The number of hydrogen-bond donors (Lipinski definition) is 1. The van der Waals surface area contributed by atoms with Gasteiger partial charge in [0.15, 0.2) is 11.7 Å². The predicted molar refractivity (Wildman–Crippen MR) is 139 cm³/mol. The zero-order chi connectivity index (χ0) is 22.3. The summed E-state index contributed by atoms with van der Waals surface area (Å²) in [5.74, 6) is 1.22. The number of amides is 1. The van der Waals surface area contributed by atoms with Gasteiger partial charge in [0.05, 0.1) is 25.5 Å². The average Bonchev–Trinajstić information content (AvgIpc) is 3.37. The van der Waals surface area contributed by atoms with Gasteiger partial charge in [-0.3, -0.25) is 14.7 Å². The number of furan rings is 1. The van der Waals surface area contributed by atoms with Crippen LogP contribution in [0, 0.1) is 6.92 Å². The highest BCUT2D eigenvalue weighted by molar-refractivity contribution is 14.0. The van der Waals surface area contributed by atoms with Crippen LogP contribution in [-0.2, 0) is 4.74 Å². The van der Waals surface area contributed by atoms with Crippen LogP contribution in [0.1, 0.15) is 27.7 Å². The van der Waals surface area contributed by atoms with Crippen LogP contribution in [0.15, 0.2) is 52.1 Å². The predicted octanol–water partition coefficient (Wildman–Crippen LogP) is 2.61. The summed E-state index contributed by atoms with van der Waals surface area (Å²) in [5.41, 5.74) is 2.58. The fourth-order valence-corrected chi connectivity index (χ4v) is 4.42. The number of piperazine rings is 1. The lowest BCUT2D eigenvalue weighted by Gasteiger charge is -2.38. The van der Waals surface area contributed by atoms with Crippen LogP contribution in [0.2, 0.25) is 0 Å². The largest absolute Gasteiger partial charge is 0.459 e. The second-order valence-corrected chi connectivity index (χ2v) is 8.26. The van der Waals surface area contributed by atoms with Crippen molar-refractivity contribution in [2.45, 2.75) is 13.0 Å². The molecule has 0 bridgehead atoms. The number of carbonyl (C=O) groups excluding carboxylic acids is 1. The van der Waals surface area contributed by atoms with Crippen molar-refractivity contribution in [2.24, 2.45) is 4.99 Å². The molecule has 1 aromatic carbocycles. The SMILES string of the molecule is CN=C(NCC(c1cccc(C)c1)N1CCOCC1)N1CCN(C(=O)c2ccco2)CC1.I. The monoisotopic (exact) mass is 567 g/mol. The quantitative estimate of drug-likeness (QED) is 0.341. The normalized spacial score (nSPS) is 18.5. The summed E-state index contributed by atoms with van der Waals surface area (Å²) < 4.78 is 10.8. The van der Waals surface area contributed by atoms with E-state index in [4.69, 9.17) is 9.15 Å². The molecule has 1 atom stereocenters. The van der Waals surface area contributed by atoms with E-state index in [0.29, 0.717) is 18.8 Å². The van der Waals surface area contributed by atoms with E-state index in [0.717, 1.165) is 51.9 Å². The number of ether oxygens (including phenoxy) is 1. The fourth-order valence-electron chi connectivity index (χ4n) is 4.42. The third-order valence-corrected chi connectivity index (χ3v) is 6.18. The van der Waals surface area contributed by atoms with E-state index in [1.165, 1.54) is 17.4 Å². The van der Waals surface area contributed by atoms with Gasteiger partial charge in [-0.25, -0.2) is 0 Å². The summed E-state index contributed by atoms with van der Waals surface area (Å²) >= 11 is 0. The topological polar surface area (TPSA) is 73.6 Å². The van der Waals surface area contributed by atoms with Gasteiger partial charge in [0.25, 0.3) is 5.91 Å². The second kappa shape index (κ2) is 12.4. The highest BCUT2D eigenvalue weighted by Crippen LogP contribution is 2.22. The molecule has 2 fully saturated rings. The van der Waals surface area contributed by atoms with Crippen LogP contribution in [0.25, 0.3) is 0 Å². The molecule has 3 heterocycles. The smallest absolute Gasteiger partial charge is 0.289 e. The molecule has 4 rings (SSSR count). The molecule has 0 radical (unpaired) electrons. The molecule has 1 amide bonds. The first-order valence-corrected chi connectivity index (χ1v) is 11.3. The van der Waals surface area contributed by atoms with Crippen LogP contribution in [0.5, 0.6) is 0 Å². The molecule has 0 saturated carbocycles. The molecule has 1 N–H and O–H groups in total. The Hall–Kier alpha value is -2.11. The van der Waals surface area contributed by atoms with Gasteiger partial charge in [-0.1, -0.05) is 29.8 Å². The maximum Gasteiger partial charge on any atom is 0.289 e. The van der Waals surface area contributed by atoms with E-state index in [1.807, 2.05) is 11.9 Å². The van der Waals surface area contributed by atoms with Crippen LogP contribution >= 0.6 is 24.0 Å². The van der Waals surface area contributed by atoms with E-state index in [-0.39, 0.29) is 35.9 Å². The molecule has 1 aromatic heterocycles. The molecule has 2 saturated heterocycles. The molecule has 180 valence electrons. The maximum atomic E-state index is 12.5. The molecule has 33 heavy (non-hydrogen) atoms. The summed E-state index contributed by atoms with van der Waals surface area (Å²) in [6.07, 6.45) is 1.54. The van der Waals surface area contributed by atoms with Crippen molar-refractivity contribution in [2.75, 3.05) is 66.1 Å². The Morgan fingerprint density at radius 3 is 2.42 bits per heavy atom. The lowest BCUT2D eigenvalue weighted by atomic mass is 10.0. The van der Waals surface area contributed by atoms with Crippen LogP contribution in [-0.4, -0.2) is 92.6 Å². The summed E-state index contributed by atoms with van der Waals surface area (Å²) in [6, 6.07) is 12.4. The Labute approximate surface area is 213 Å². The zero-order valence-corrected chi connectivity index (χ0v) is 21.7. The Morgan fingerprint density at radius 1 is 1.06 bits per heavy atom. The number of aliphatic imine (C=N–C) groups is 1. The van der Waals surface area contributed by atoms with Crippen LogP contribution < -0.4 is 5.32 Å². The highest BCUT2D eigenvalue weighted by atomic mass is 127. The van der Waals surface area contributed by atoms with Gasteiger partial charge < -0.3 is 24.3 Å². The van der Waals surface area contributed by atoms with Crippen molar-refractivity contribution >= 4 is 35.8 Å². The fraction of sp³-hybridized carbons (Fsp3) is 0.500. The molecule has 0 spiro atoms. The Bertz CT molecular complexity index is 907. The first-order valence-electron chi connectivity index (χ1n) is 11.3. The van der Waals surface area contributed by atoms with Gasteiger partial charge in [0, 0.05) is 52.9 Å². The van der Waals surface area contributed by atoms with Crippen molar-refractivity contribution in [3.05, 3.63) is 59.5 Å². The number of guanidine groups is 1. The highest BCUT2D eigenvalue weighted by Gasteiger charge is 2.27. The van der Waals surface area contributed by atoms with E-state index in [9.17, 15) is 4.79 Å². The van der Waals surface area contributed by atoms with Crippen LogP contribution in [0.4, 0.5) is 0 Å². The maximum absolute atomic E-state index is 12.5. The van der Waals surface area contributed by atoms with E-state index in [1.54, 1.807) is 12.1 Å². The summed E-state index contributed by atoms with van der Waals surface area (Å²) in [4.78, 5) is 23.6. The second-order valence-electron chi connectivity index (χ2n) is 8.26. The molecular weight excluding hydrogens is 533 g/mol. The molecular formula is C24H34IN5O3. The minimum Gasteiger partial charge on any atom is -0.459 e. The Balaban J connectivity index is 0.00000306. The van der Waals surface area contributed by atoms with E-state index >= 15 is 0 Å². The lowest BCUT2D eigenvalue weighted by molar-refractivity contribution is 0.0168. The van der Waals surface area contributed by atoms with Crippen molar-refractivity contribution in [1.82, 2.24) is 20.0 Å². The van der Waals surface area contributed by atoms with Crippen molar-refractivity contribution in [3.8, 4) is 0 Å². The third-order valence-electron chi connectivity index (χ3n) is 6.18. The number of halogens is 1. The van der Waals surface area contributed by atoms with E-state index in [2.05, 4.69) is 51.3 Å². The number of nitrogens with one attached hydrogen (secondary N) is 1. The standard InChI is InChI=1S/C24H33N5O3.HI/c1-19-5-3-6-20(17-19)21(27-12-15-31-16-13-27)18-26-24(25-2)29-10-8-28(9-11-29)23(30)22-7-4-14-32-22;/h3-7,14,17,21H,8-13,15-16,18H2,1-2H3,(H,25,26);1H. The summed E-state index contributed by atoms with van der Waals surface area (Å²) in [6.45, 7) is 9.04. The third kappa shape index (κ3) is 6.48. The minimum atomic E-state index is -0.0515. The van der Waals surface area contributed by atoms with Crippen LogP contribution in [0.3, 0.4) is 0 Å². The first kappa shape index (κ1) is 25.5. The number of morpholine rings is 1. The molecule has 9 heteroatoms. The molecule has 2 aliphatic rings. The molecule has 0 aliphatic carbocycles. The Kier molecular flexibility index (Phi) is 9.57. The van der Waals surface area contributed by atoms with Crippen molar-refractivity contribution < 1.29 is 13.9 Å². The van der Waals surface area contributed by atoms with Gasteiger partial charge in [-0.15, -0.1) is 24.0 Å². The molecule has 2 aromatic rings. The number of aryl methyl sites for hydroxylation is 1. The number of rotatable bonds is 5. The van der Waals surface area contributed by atoms with Crippen molar-refractivity contribution in [1.29, 1.82) is 0 Å². The Morgan fingerprint density at radius 2 is 1.79 bits per heavy atom. The lowest BCUT2D eigenvalue weighted by Crippen LogP contribution is -2.54. The number of nitrogens with zero attached hydrogens (tertiary/aromatic N) is 4.